The van der Waals surface area contributed by atoms with E-state index in [-0.39, 0.29) is 24.2 Å². The van der Waals surface area contributed by atoms with Crippen LogP contribution >= 0.6 is 0 Å². The van der Waals surface area contributed by atoms with E-state index in [0.717, 1.165) is 47.0 Å². The standard InChI is InChI=1S/C32H30F2N4O/c1-21-22(2)38(19-25-6-4-3-5-7-25)32-30(21)31(36-20-37-32)35-15-14-23-8-10-24(11-9-23)16-28(39)17-26-12-13-27(33)18-29(26)34/h3-13,18,20H,14-17,19H2,1-2H3,(H,35,36,37). The van der Waals surface area contributed by atoms with E-state index in [1.807, 2.05) is 42.5 Å². The van der Waals surface area contributed by atoms with Crippen molar-refractivity contribution in [2.24, 2.45) is 0 Å². The fourth-order valence-electron chi connectivity index (χ4n) is 4.88. The number of hydrogen-bond acceptors (Lipinski definition) is 4. The van der Waals surface area contributed by atoms with Gasteiger partial charge >= 0.3 is 0 Å². The number of nitrogens with zero attached hydrogens (tertiary/aromatic N) is 3. The molecule has 39 heavy (non-hydrogen) atoms. The van der Waals surface area contributed by atoms with E-state index in [0.29, 0.717) is 6.54 Å². The van der Waals surface area contributed by atoms with E-state index < -0.39 is 11.6 Å². The number of carbonyl (C=O) groups excluding carboxylic acids is 1. The van der Waals surface area contributed by atoms with Gasteiger partial charge in [-0.2, -0.15) is 0 Å². The molecule has 0 spiro atoms. The molecule has 1 N–H and O–H groups in total. The Morgan fingerprint density at radius 2 is 1.62 bits per heavy atom. The van der Waals surface area contributed by atoms with E-state index in [1.54, 1.807) is 6.33 Å². The Morgan fingerprint density at radius 1 is 0.872 bits per heavy atom. The predicted octanol–water partition coefficient (Wildman–Crippen LogP) is 6.38. The zero-order valence-electron chi connectivity index (χ0n) is 22.0. The Kier molecular flexibility index (Phi) is 7.77. The molecule has 0 amide bonds. The van der Waals surface area contributed by atoms with Crippen molar-refractivity contribution < 1.29 is 13.6 Å². The molecule has 0 atom stereocenters. The first-order chi connectivity index (χ1) is 18.9. The van der Waals surface area contributed by atoms with Crippen LogP contribution in [0.25, 0.3) is 11.0 Å². The molecule has 0 unspecified atom stereocenters. The topological polar surface area (TPSA) is 59.8 Å². The summed E-state index contributed by atoms with van der Waals surface area (Å²) in [5.41, 5.74) is 6.68. The lowest BCUT2D eigenvalue weighted by Crippen LogP contribution is -2.09. The number of carbonyl (C=O) groups is 1. The van der Waals surface area contributed by atoms with Crippen molar-refractivity contribution in [3.63, 3.8) is 0 Å². The lowest BCUT2D eigenvalue weighted by atomic mass is 10.0. The van der Waals surface area contributed by atoms with Gasteiger partial charge < -0.3 is 9.88 Å². The molecule has 5 rings (SSSR count). The molecule has 0 saturated carbocycles. The first-order valence-electron chi connectivity index (χ1n) is 13.0. The molecular formula is C32H30F2N4O. The summed E-state index contributed by atoms with van der Waals surface area (Å²) >= 11 is 0. The predicted molar refractivity (Wildman–Crippen MR) is 150 cm³/mol. The lowest BCUT2D eigenvalue weighted by molar-refractivity contribution is -0.117. The number of aryl methyl sites for hydroxylation is 1. The number of hydrogen-bond donors (Lipinski definition) is 1. The SMILES string of the molecule is Cc1c(C)n(Cc2ccccc2)c2ncnc(NCCc3ccc(CC(=O)Cc4ccc(F)cc4F)cc3)c12. The summed E-state index contributed by atoms with van der Waals surface area (Å²) in [5, 5.41) is 4.52. The molecule has 198 valence electrons. The van der Waals surface area contributed by atoms with Crippen molar-refractivity contribution in [2.75, 3.05) is 11.9 Å². The number of ketones is 1. The van der Waals surface area contributed by atoms with Crippen LogP contribution in [0.5, 0.6) is 0 Å². The Balaban J connectivity index is 1.20. The van der Waals surface area contributed by atoms with Crippen LogP contribution in [0.15, 0.2) is 79.1 Å². The second-order valence-corrected chi connectivity index (χ2v) is 9.82. The van der Waals surface area contributed by atoms with Gasteiger partial charge in [-0.05, 0) is 54.2 Å². The summed E-state index contributed by atoms with van der Waals surface area (Å²) in [7, 11) is 0. The number of benzene rings is 3. The van der Waals surface area contributed by atoms with E-state index in [9.17, 15) is 13.6 Å². The van der Waals surface area contributed by atoms with E-state index in [4.69, 9.17) is 0 Å². The van der Waals surface area contributed by atoms with Crippen molar-refractivity contribution in [1.82, 2.24) is 14.5 Å². The number of aromatic nitrogens is 3. The van der Waals surface area contributed by atoms with Crippen molar-refractivity contribution >= 4 is 22.6 Å². The normalized spacial score (nSPS) is 11.2. The van der Waals surface area contributed by atoms with Gasteiger partial charge in [-0.1, -0.05) is 60.7 Å². The van der Waals surface area contributed by atoms with Crippen molar-refractivity contribution in [3.05, 3.63) is 124 Å². The van der Waals surface area contributed by atoms with Crippen LogP contribution in [0.1, 0.15) is 33.5 Å². The smallest absolute Gasteiger partial charge is 0.146 e. The second kappa shape index (κ2) is 11.6. The Hall–Kier alpha value is -4.39. The third-order valence-electron chi connectivity index (χ3n) is 7.12. The van der Waals surface area contributed by atoms with E-state index >= 15 is 0 Å². The van der Waals surface area contributed by atoms with E-state index in [2.05, 4.69) is 45.8 Å². The van der Waals surface area contributed by atoms with Crippen LogP contribution in [0, 0.1) is 25.5 Å². The van der Waals surface area contributed by atoms with Gasteiger partial charge in [0.25, 0.3) is 0 Å². The van der Waals surface area contributed by atoms with Crippen LogP contribution in [-0.4, -0.2) is 26.9 Å². The van der Waals surface area contributed by atoms with Crippen molar-refractivity contribution in [1.29, 1.82) is 0 Å². The van der Waals surface area contributed by atoms with Gasteiger partial charge in [0.1, 0.15) is 35.2 Å². The largest absolute Gasteiger partial charge is 0.369 e. The molecule has 5 nitrogen and oxygen atoms in total. The maximum Gasteiger partial charge on any atom is 0.146 e. The number of Topliss-reactive ketones (excluding diaryl/α,β-unsaturated/α-hetero) is 1. The molecule has 0 saturated heterocycles. The molecule has 0 aliphatic rings. The number of anilines is 1. The van der Waals surface area contributed by atoms with Gasteiger partial charge in [-0.15, -0.1) is 0 Å². The minimum Gasteiger partial charge on any atom is -0.369 e. The fraction of sp³-hybridized carbons (Fsp3) is 0.219. The summed E-state index contributed by atoms with van der Waals surface area (Å²) in [6.07, 6.45) is 2.53. The highest BCUT2D eigenvalue weighted by atomic mass is 19.1. The van der Waals surface area contributed by atoms with Gasteiger partial charge in [0.2, 0.25) is 0 Å². The maximum absolute atomic E-state index is 13.9. The van der Waals surface area contributed by atoms with Crippen LogP contribution in [0.3, 0.4) is 0 Å². The summed E-state index contributed by atoms with van der Waals surface area (Å²) in [6, 6.07) is 21.5. The number of nitrogens with one attached hydrogen (secondary N) is 1. The zero-order chi connectivity index (χ0) is 27.4. The van der Waals surface area contributed by atoms with Gasteiger partial charge in [0, 0.05) is 37.7 Å². The third kappa shape index (κ3) is 6.03. The molecule has 0 radical (unpaired) electrons. The van der Waals surface area contributed by atoms with Crippen molar-refractivity contribution in [3.8, 4) is 0 Å². The molecule has 2 heterocycles. The molecule has 0 aliphatic heterocycles. The molecule has 2 aromatic heterocycles. The first-order valence-corrected chi connectivity index (χ1v) is 13.0. The number of fused-ring (bicyclic) bond motifs is 1. The summed E-state index contributed by atoms with van der Waals surface area (Å²) in [5.74, 6) is -0.634. The van der Waals surface area contributed by atoms with Crippen LogP contribution in [0.4, 0.5) is 14.6 Å². The number of rotatable bonds is 10. The van der Waals surface area contributed by atoms with Crippen LogP contribution < -0.4 is 5.32 Å². The second-order valence-electron chi connectivity index (χ2n) is 9.82. The van der Waals surface area contributed by atoms with Gasteiger partial charge in [0.05, 0.1) is 5.39 Å². The minimum atomic E-state index is -0.690. The molecule has 5 aromatic rings. The lowest BCUT2D eigenvalue weighted by Gasteiger charge is -2.09. The fourth-order valence-corrected chi connectivity index (χ4v) is 4.88. The molecule has 0 bridgehead atoms. The Morgan fingerprint density at radius 3 is 2.36 bits per heavy atom. The Labute approximate surface area is 226 Å². The first kappa shape index (κ1) is 26.2. The summed E-state index contributed by atoms with van der Waals surface area (Å²) < 4.78 is 29.2. The third-order valence-corrected chi connectivity index (χ3v) is 7.12. The van der Waals surface area contributed by atoms with E-state index in [1.165, 1.54) is 29.0 Å². The summed E-state index contributed by atoms with van der Waals surface area (Å²) in [4.78, 5) is 21.5. The average Bonchev–Trinajstić information content (AvgIpc) is 3.17. The van der Waals surface area contributed by atoms with Gasteiger partial charge in [-0.25, -0.2) is 18.7 Å². The Bertz CT molecular complexity index is 1610. The molecule has 3 aromatic carbocycles. The van der Waals surface area contributed by atoms with Gasteiger partial charge in [-0.3, -0.25) is 4.79 Å². The number of halogens is 2. The summed E-state index contributed by atoms with van der Waals surface area (Å²) in [6.45, 7) is 5.67. The zero-order valence-corrected chi connectivity index (χ0v) is 22.0. The maximum atomic E-state index is 13.9. The van der Waals surface area contributed by atoms with Crippen molar-refractivity contribution in [2.45, 2.75) is 39.7 Å². The highest BCUT2D eigenvalue weighted by Gasteiger charge is 2.16. The molecule has 0 aliphatic carbocycles. The molecule has 7 heteroatoms. The quantitative estimate of drug-likeness (QED) is 0.230. The van der Waals surface area contributed by atoms with Crippen LogP contribution in [0.2, 0.25) is 0 Å². The average molecular weight is 525 g/mol. The van der Waals surface area contributed by atoms with Gasteiger partial charge in [0.15, 0.2) is 0 Å². The minimum absolute atomic E-state index is 0.0584. The van der Waals surface area contributed by atoms with Crippen LogP contribution in [-0.2, 0) is 30.6 Å². The molecular weight excluding hydrogens is 494 g/mol. The highest BCUT2D eigenvalue weighted by molar-refractivity contribution is 5.92. The monoisotopic (exact) mass is 524 g/mol. The highest BCUT2D eigenvalue weighted by Crippen LogP contribution is 2.29. The molecule has 0 fully saturated rings.